The van der Waals surface area contributed by atoms with Crippen molar-refractivity contribution in [1.29, 1.82) is 0 Å². The van der Waals surface area contributed by atoms with Crippen LogP contribution in [0.25, 0.3) is 0 Å². The predicted octanol–water partition coefficient (Wildman–Crippen LogP) is 2.50. The zero-order valence-corrected chi connectivity index (χ0v) is 15.3. The van der Waals surface area contributed by atoms with Gasteiger partial charge >= 0.3 is 10.4 Å². The summed E-state index contributed by atoms with van der Waals surface area (Å²) < 4.78 is 29.7. The predicted molar refractivity (Wildman–Crippen MR) is 97.0 cm³/mol. The summed E-state index contributed by atoms with van der Waals surface area (Å²) in [7, 11) is 0.294. The number of carbonyl (C=O) groups is 1. The Morgan fingerprint density at radius 3 is 1.52 bits per heavy atom. The Morgan fingerprint density at radius 1 is 0.960 bits per heavy atom. The summed E-state index contributed by atoms with van der Waals surface area (Å²) in [5, 5.41) is 0. The molecule has 0 unspecified atom stereocenters. The lowest BCUT2D eigenvalue weighted by molar-refractivity contribution is -0.129. The molecule has 2 aromatic carbocycles. The molecule has 0 fully saturated rings. The lowest BCUT2D eigenvalue weighted by atomic mass is 9.90. The second-order valence-corrected chi connectivity index (χ2v) is 6.27. The van der Waals surface area contributed by atoms with Gasteiger partial charge in [-0.05, 0) is 11.1 Å². The highest BCUT2D eigenvalue weighted by molar-refractivity contribution is 7.80. The van der Waals surface area contributed by atoms with Crippen LogP contribution in [0.2, 0.25) is 0 Å². The fourth-order valence-corrected chi connectivity index (χ4v) is 2.03. The van der Waals surface area contributed by atoms with Gasteiger partial charge in [-0.1, -0.05) is 60.7 Å². The van der Waals surface area contributed by atoms with Gasteiger partial charge in [-0.15, -0.1) is 0 Å². The van der Waals surface area contributed by atoms with E-state index in [0.29, 0.717) is 0 Å². The first kappa shape index (κ1) is 22.7. The molecule has 0 aliphatic rings. The van der Waals surface area contributed by atoms with Gasteiger partial charge in [-0.2, -0.15) is 8.42 Å². The van der Waals surface area contributed by atoms with Gasteiger partial charge < -0.3 is 11.1 Å². The molecule has 0 radical (unpaired) electrons. The molecule has 1 amide bonds. The molecule has 0 bridgehead atoms. The fourth-order valence-electron chi connectivity index (χ4n) is 2.03. The molecule has 8 heteroatoms. The number of hydrogen-bond acceptors (Lipinski definition) is 5. The van der Waals surface area contributed by atoms with Crippen LogP contribution >= 0.6 is 0 Å². The van der Waals surface area contributed by atoms with Crippen LogP contribution in [-0.4, -0.2) is 45.0 Å². The minimum Gasteiger partial charge on any atom is -0.348 e. The molecular weight excluding hydrogens is 344 g/mol. The summed E-state index contributed by atoms with van der Waals surface area (Å²) in [6.07, 6.45) is 0. The standard InChI is InChI=1S/C16H17NO.CH4O4S.H3N/c1-17(2)16(18)15(13-9-5-3-6-10-13)14-11-7-4-8-12-14;1-5-6(2,3)4;/h3-12,15H,1-2H3;1H3,(H,2,3,4);1H3. The van der Waals surface area contributed by atoms with E-state index < -0.39 is 10.4 Å². The molecule has 25 heavy (non-hydrogen) atoms. The van der Waals surface area contributed by atoms with E-state index >= 15 is 0 Å². The summed E-state index contributed by atoms with van der Waals surface area (Å²) in [6, 6.07) is 19.8. The third-order valence-electron chi connectivity index (χ3n) is 3.16. The normalized spacial score (nSPS) is 10.3. The molecule has 0 spiro atoms. The lowest BCUT2D eigenvalue weighted by Gasteiger charge is -2.21. The van der Waals surface area contributed by atoms with Crippen LogP contribution in [-0.2, 0) is 19.4 Å². The lowest BCUT2D eigenvalue weighted by Crippen LogP contribution is -2.28. The number of hydrogen-bond donors (Lipinski definition) is 2. The van der Waals surface area contributed by atoms with Gasteiger partial charge in [0.1, 0.15) is 0 Å². The van der Waals surface area contributed by atoms with Crippen molar-refractivity contribution in [3.05, 3.63) is 71.8 Å². The molecule has 0 heterocycles. The van der Waals surface area contributed by atoms with Crippen LogP contribution in [0.4, 0.5) is 0 Å². The summed E-state index contributed by atoms with van der Waals surface area (Å²) in [5.74, 6) is -0.116. The third kappa shape index (κ3) is 7.90. The van der Waals surface area contributed by atoms with E-state index in [-0.39, 0.29) is 18.0 Å². The topological polar surface area (TPSA) is 119 Å². The van der Waals surface area contributed by atoms with Gasteiger partial charge in [0.15, 0.2) is 0 Å². The minimum atomic E-state index is -4.16. The van der Waals surface area contributed by atoms with Crippen molar-refractivity contribution in [2.45, 2.75) is 5.92 Å². The van der Waals surface area contributed by atoms with E-state index in [1.165, 1.54) is 0 Å². The van der Waals surface area contributed by atoms with Gasteiger partial charge in [0.25, 0.3) is 0 Å². The Balaban J connectivity index is 0.000000715. The Labute approximate surface area is 148 Å². The Kier molecular flexibility index (Phi) is 9.62. The van der Waals surface area contributed by atoms with Crippen molar-refractivity contribution in [2.75, 3.05) is 21.2 Å². The number of nitrogens with zero attached hydrogens (tertiary/aromatic N) is 1. The SMILES string of the molecule is CN(C)C(=O)C(c1ccccc1)c1ccccc1.COS(=O)(=O)O.N. The molecule has 2 rings (SSSR count). The molecule has 7 nitrogen and oxygen atoms in total. The highest BCUT2D eigenvalue weighted by Crippen LogP contribution is 2.25. The van der Waals surface area contributed by atoms with E-state index in [1.54, 1.807) is 19.0 Å². The smallest absolute Gasteiger partial charge is 0.348 e. The van der Waals surface area contributed by atoms with E-state index in [9.17, 15) is 13.2 Å². The number of amides is 1. The first-order valence-electron chi connectivity index (χ1n) is 7.10. The Bertz CT molecular complexity index is 695. The van der Waals surface area contributed by atoms with Crippen LogP contribution in [0.5, 0.6) is 0 Å². The van der Waals surface area contributed by atoms with E-state index in [1.807, 2.05) is 60.7 Å². The maximum absolute atomic E-state index is 12.4. The molecule has 0 atom stereocenters. The molecule has 138 valence electrons. The van der Waals surface area contributed by atoms with E-state index in [4.69, 9.17) is 4.55 Å². The number of likely N-dealkylation sites (N-methyl/N-ethyl adjacent to an activating group) is 1. The van der Waals surface area contributed by atoms with Gasteiger partial charge in [-0.3, -0.25) is 13.5 Å². The highest BCUT2D eigenvalue weighted by Gasteiger charge is 2.23. The molecule has 4 N–H and O–H groups in total. The molecule has 0 aromatic heterocycles. The zero-order chi connectivity index (χ0) is 18.2. The second-order valence-electron chi connectivity index (χ2n) is 5.08. The average Bonchev–Trinajstić information content (AvgIpc) is 2.57. The molecule has 0 saturated heterocycles. The molecule has 2 aromatic rings. The van der Waals surface area contributed by atoms with Crippen LogP contribution in [0, 0.1) is 0 Å². The Hall–Kier alpha value is -2.26. The monoisotopic (exact) mass is 368 g/mol. The summed E-state index contributed by atoms with van der Waals surface area (Å²) in [5.41, 5.74) is 2.06. The first-order chi connectivity index (χ1) is 11.3. The number of rotatable bonds is 4. The highest BCUT2D eigenvalue weighted by atomic mass is 32.3. The quantitative estimate of drug-likeness (QED) is 0.800. The van der Waals surface area contributed by atoms with Crippen molar-refractivity contribution in [1.82, 2.24) is 11.1 Å². The van der Waals surface area contributed by atoms with E-state index in [0.717, 1.165) is 18.2 Å². The molecule has 0 saturated carbocycles. The second kappa shape index (κ2) is 10.6. The van der Waals surface area contributed by atoms with Gasteiger partial charge in [0, 0.05) is 14.1 Å². The van der Waals surface area contributed by atoms with Gasteiger partial charge in [0.2, 0.25) is 5.91 Å². The number of carbonyl (C=O) groups excluding carboxylic acids is 1. The van der Waals surface area contributed by atoms with Gasteiger partial charge in [0.05, 0.1) is 13.0 Å². The largest absolute Gasteiger partial charge is 0.397 e. The first-order valence-corrected chi connectivity index (χ1v) is 8.47. The molecule has 0 aliphatic carbocycles. The van der Waals surface area contributed by atoms with Crippen molar-refractivity contribution in [3.8, 4) is 0 Å². The Morgan fingerprint density at radius 2 is 1.28 bits per heavy atom. The fraction of sp³-hybridized carbons (Fsp3) is 0.235. The summed E-state index contributed by atoms with van der Waals surface area (Å²) >= 11 is 0. The van der Waals surface area contributed by atoms with E-state index in [2.05, 4.69) is 4.18 Å². The minimum absolute atomic E-state index is 0. The van der Waals surface area contributed by atoms with Crippen LogP contribution in [0.1, 0.15) is 17.0 Å². The maximum atomic E-state index is 12.4. The molecule has 0 aliphatic heterocycles. The van der Waals surface area contributed by atoms with Crippen molar-refractivity contribution < 1.29 is 21.9 Å². The van der Waals surface area contributed by atoms with Gasteiger partial charge in [-0.25, -0.2) is 0 Å². The molecular formula is C17H24N2O5S. The summed E-state index contributed by atoms with van der Waals surface area (Å²) in [6.45, 7) is 0. The van der Waals surface area contributed by atoms with Crippen LogP contribution in [0.15, 0.2) is 60.7 Å². The average molecular weight is 368 g/mol. The summed E-state index contributed by atoms with van der Waals surface area (Å²) in [4.78, 5) is 14.0. The van der Waals surface area contributed by atoms with Crippen molar-refractivity contribution in [3.63, 3.8) is 0 Å². The number of benzene rings is 2. The van der Waals surface area contributed by atoms with Crippen LogP contribution in [0.3, 0.4) is 0 Å². The third-order valence-corrected chi connectivity index (χ3v) is 3.59. The van der Waals surface area contributed by atoms with Crippen molar-refractivity contribution >= 4 is 16.3 Å². The maximum Gasteiger partial charge on any atom is 0.397 e. The van der Waals surface area contributed by atoms with Crippen LogP contribution < -0.4 is 6.15 Å². The van der Waals surface area contributed by atoms with Crippen molar-refractivity contribution in [2.24, 2.45) is 0 Å². The zero-order valence-electron chi connectivity index (χ0n) is 14.5.